The molecule has 1 aromatic rings. The first kappa shape index (κ1) is 7.59. The summed E-state index contributed by atoms with van der Waals surface area (Å²) >= 11 is 7.54. The molecule has 11 heavy (non-hydrogen) atoms. The van der Waals surface area contributed by atoms with Gasteiger partial charge in [0.1, 0.15) is 0 Å². The molecule has 0 saturated carbocycles. The van der Waals surface area contributed by atoms with Crippen LogP contribution in [0.25, 0.3) is 0 Å². The summed E-state index contributed by atoms with van der Waals surface area (Å²) in [6, 6.07) is 0. The topological polar surface area (TPSA) is 9.23 Å². The van der Waals surface area contributed by atoms with Gasteiger partial charge in [0.25, 0.3) is 0 Å². The molecular formula is C8H9ClOS. The van der Waals surface area contributed by atoms with Crippen molar-refractivity contribution in [1.82, 2.24) is 0 Å². The van der Waals surface area contributed by atoms with E-state index < -0.39 is 0 Å². The average molecular weight is 189 g/mol. The van der Waals surface area contributed by atoms with Gasteiger partial charge in [0.15, 0.2) is 0 Å². The van der Waals surface area contributed by atoms with Crippen LogP contribution in [0.2, 0.25) is 0 Å². The summed E-state index contributed by atoms with van der Waals surface area (Å²) < 4.78 is 5.32. The third-order valence-electron chi connectivity index (χ3n) is 1.94. The van der Waals surface area contributed by atoms with E-state index in [-0.39, 0.29) is 0 Å². The summed E-state index contributed by atoms with van der Waals surface area (Å²) in [5.74, 6) is 0.645. The number of halogens is 1. The molecule has 0 aromatic carbocycles. The largest absolute Gasteiger partial charge is 0.376 e. The normalized spacial score (nSPS) is 16.5. The van der Waals surface area contributed by atoms with Crippen molar-refractivity contribution in [3.8, 4) is 0 Å². The second kappa shape index (κ2) is 3.13. The third kappa shape index (κ3) is 1.31. The Labute approximate surface area is 74.9 Å². The van der Waals surface area contributed by atoms with E-state index in [0.717, 1.165) is 19.6 Å². The van der Waals surface area contributed by atoms with Gasteiger partial charge in [0, 0.05) is 10.8 Å². The third-order valence-corrected chi connectivity index (χ3v) is 3.28. The monoisotopic (exact) mass is 188 g/mol. The summed E-state index contributed by atoms with van der Waals surface area (Å²) in [5.41, 5.74) is 2.74. The van der Waals surface area contributed by atoms with Crippen LogP contribution in [0, 0.1) is 0 Å². The van der Waals surface area contributed by atoms with E-state index >= 15 is 0 Å². The molecule has 1 nitrogen and oxygen atoms in total. The predicted molar refractivity (Wildman–Crippen MR) is 47.2 cm³/mol. The Balaban J connectivity index is 2.38. The number of hydrogen-bond acceptors (Lipinski definition) is 2. The van der Waals surface area contributed by atoms with E-state index in [1.165, 1.54) is 16.0 Å². The van der Waals surface area contributed by atoms with E-state index in [4.69, 9.17) is 16.3 Å². The molecule has 0 bridgehead atoms. The Morgan fingerprint density at radius 3 is 3.36 bits per heavy atom. The SMILES string of the molecule is ClCc1csc2c1CCOC2. The van der Waals surface area contributed by atoms with Gasteiger partial charge in [-0.2, -0.15) is 0 Å². The quantitative estimate of drug-likeness (QED) is 0.616. The van der Waals surface area contributed by atoms with Crippen LogP contribution in [0.3, 0.4) is 0 Å². The maximum absolute atomic E-state index is 5.77. The van der Waals surface area contributed by atoms with Crippen molar-refractivity contribution < 1.29 is 4.74 Å². The molecule has 0 spiro atoms. The van der Waals surface area contributed by atoms with Gasteiger partial charge >= 0.3 is 0 Å². The van der Waals surface area contributed by atoms with Crippen LogP contribution >= 0.6 is 22.9 Å². The number of alkyl halides is 1. The summed E-state index contributed by atoms with van der Waals surface area (Å²) in [5, 5.41) is 2.15. The molecule has 0 fully saturated rings. The minimum atomic E-state index is 0.645. The van der Waals surface area contributed by atoms with E-state index in [1.807, 2.05) is 0 Å². The molecule has 0 aliphatic carbocycles. The molecule has 3 heteroatoms. The Morgan fingerprint density at radius 2 is 2.55 bits per heavy atom. The zero-order valence-corrected chi connectivity index (χ0v) is 7.67. The average Bonchev–Trinajstić information content (AvgIpc) is 2.47. The molecular weight excluding hydrogens is 180 g/mol. The molecule has 1 aliphatic rings. The molecule has 1 aromatic heterocycles. The van der Waals surface area contributed by atoms with Gasteiger partial charge in [-0.15, -0.1) is 22.9 Å². The van der Waals surface area contributed by atoms with Gasteiger partial charge in [-0.25, -0.2) is 0 Å². The van der Waals surface area contributed by atoms with Gasteiger partial charge in [-0.3, -0.25) is 0 Å². The molecule has 1 aliphatic heterocycles. The van der Waals surface area contributed by atoms with Crippen molar-refractivity contribution in [1.29, 1.82) is 0 Å². The Morgan fingerprint density at radius 1 is 1.64 bits per heavy atom. The van der Waals surface area contributed by atoms with Gasteiger partial charge in [0.05, 0.1) is 13.2 Å². The maximum atomic E-state index is 5.77. The standard InChI is InChI=1S/C8H9ClOS/c9-3-6-5-11-8-4-10-2-1-7(6)8/h5H,1-4H2. The van der Waals surface area contributed by atoms with Crippen LogP contribution in [0.15, 0.2) is 5.38 Å². The number of fused-ring (bicyclic) bond motifs is 1. The maximum Gasteiger partial charge on any atom is 0.0812 e. The fourth-order valence-corrected chi connectivity index (χ4v) is 2.70. The van der Waals surface area contributed by atoms with Crippen LogP contribution in [0.1, 0.15) is 16.0 Å². The fraction of sp³-hybridized carbons (Fsp3) is 0.500. The van der Waals surface area contributed by atoms with Crippen LogP contribution in [0.4, 0.5) is 0 Å². The lowest BCUT2D eigenvalue weighted by molar-refractivity contribution is 0.113. The lowest BCUT2D eigenvalue weighted by Crippen LogP contribution is -2.07. The number of rotatable bonds is 1. The number of ether oxygens (including phenoxy) is 1. The molecule has 0 radical (unpaired) electrons. The van der Waals surface area contributed by atoms with Crippen LogP contribution in [-0.4, -0.2) is 6.61 Å². The molecule has 60 valence electrons. The van der Waals surface area contributed by atoms with Gasteiger partial charge in [0.2, 0.25) is 0 Å². The lowest BCUT2D eigenvalue weighted by Gasteiger charge is -2.12. The van der Waals surface area contributed by atoms with Crippen molar-refractivity contribution in [3.05, 3.63) is 21.4 Å². The van der Waals surface area contributed by atoms with Gasteiger partial charge < -0.3 is 4.74 Å². The second-order valence-electron chi connectivity index (χ2n) is 2.60. The predicted octanol–water partition coefficient (Wildman–Crippen LogP) is 2.56. The summed E-state index contributed by atoms with van der Waals surface area (Å²) in [6.07, 6.45) is 1.04. The molecule has 2 heterocycles. The van der Waals surface area contributed by atoms with Crippen LogP contribution in [-0.2, 0) is 23.6 Å². The molecule has 0 amide bonds. The Hall–Kier alpha value is -0.0500. The highest BCUT2D eigenvalue weighted by Crippen LogP contribution is 2.28. The van der Waals surface area contributed by atoms with Crippen LogP contribution in [0.5, 0.6) is 0 Å². The molecule has 2 rings (SSSR count). The fourth-order valence-electron chi connectivity index (χ4n) is 1.34. The van der Waals surface area contributed by atoms with Crippen LogP contribution < -0.4 is 0 Å². The lowest BCUT2D eigenvalue weighted by atomic mass is 10.1. The minimum absolute atomic E-state index is 0.645. The van der Waals surface area contributed by atoms with Gasteiger partial charge in [-0.05, 0) is 22.9 Å². The molecule has 0 saturated heterocycles. The molecule has 0 unspecified atom stereocenters. The van der Waals surface area contributed by atoms with E-state index in [2.05, 4.69) is 5.38 Å². The second-order valence-corrected chi connectivity index (χ2v) is 3.83. The first-order chi connectivity index (χ1) is 5.42. The van der Waals surface area contributed by atoms with Crippen molar-refractivity contribution in [2.75, 3.05) is 6.61 Å². The first-order valence-corrected chi connectivity index (χ1v) is 5.05. The molecule has 0 atom stereocenters. The zero-order valence-electron chi connectivity index (χ0n) is 6.10. The highest BCUT2D eigenvalue weighted by Gasteiger charge is 2.14. The first-order valence-electron chi connectivity index (χ1n) is 3.63. The van der Waals surface area contributed by atoms with E-state index in [0.29, 0.717) is 5.88 Å². The van der Waals surface area contributed by atoms with Crippen molar-refractivity contribution in [2.45, 2.75) is 18.9 Å². The number of hydrogen-bond donors (Lipinski definition) is 0. The van der Waals surface area contributed by atoms with Crippen molar-refractivity contribution in [3.63, 3.8) is 0 Å². The summed E-state index contributed by atoms with van der Waals surface area (Å²) in [6.45, 7) is 1.64. The van der Waals surface area contributed by atoms with E-state index in [1.54, 1.807) is 11.3 Å². The zero-order chi connectivity index (χ0) is 7.68. The molecule has 0 N–H and O–H groups in total. The summed E-state index contributed by atoms with van der Waals surface area (Å²) in [4.78, 5) is 1.37. The highest BCUT2D eigenvalue weighted by molar-refractivity contribution is 7.10. The Kier molecular flexibility index (Phi) is 2.16. The van der Waals surface area contributed by atoms with Crippen molar-refractivity contribution in [2.24, 2.45) is 0 Å². The highest BCUT2D eigenvalue weighted by atomic mass is 35.5. The Bertz CT molecular complexity index is 243. The minimum Gasteiger partial charge on any atom is -0.376 e. The number of thiophene rings is 1. The van der Waals surface area contributed by atoms with Crippen molar-refractivity contribution >= 4 is 22.9 Å². The smallest absolute Gasteiger partial charge is 0.0812 e. The van der Waals surface area contributed by atoms with E-state index in [9.17, 15) is 0 Å². The van der Waals surface area contributed by atoms with Gasteiger partial charge in [-0.1, -0.05) is 0 Å². The summed E-state index contributed by atoms with van der Waals surface area (Å²) in [7, 11) is 0.